The van der Waals surface area contributed by atoms with E-state index in [-0.39, 0.29) is 5.91 Å². The molecule has 4 heteroatoms. The number of rotatable bonds is 5. The van der Waals surface area contributed by atoms with Gasteiger partial charge in [-0.25, -0.2) is 0 Å². The first-order valence-corrected chi connectivity index (χ1v) is 8.75. The summed E-state index contributed by atoms with van der Waals surface area (Å²) in [6, 6.07) is 4.86. The van der Waals surface area contributed by atoms with Crippen molar-refractivity contribution >= 4 is 5.91 Å². The molecule has 126 valence electrons. The summed E-state index contributed by atoms with van der Waals surface area (Å²) >= 11 is 0. The van der Waals surface area contributed by atoms with E-state index in [0.29, 0.717) is 30.9 Å². The monoisotopic (exact) mass is 316 g/mol. The minimum Gasteiger partial charge on any atom is -0.494 e. The SMILES string of the molecule is CCOc1cc(C)c(CN2C[C@@H]3CC(=O)N[C@@H]3C2)cc1C(C)C. The standard InChI is InChI=1S/C19H28N2O2/c1-5-23-18-6-13(4)14(7-16(18)12(2)3)9-21-10-15-8-19(22)20-17(15)11-21/h6-7,12,15,17H,5,8-11H2,1-4H3,(H,20,22)/t15-,17+/m0/s1. The summed E-state index contributed by atoms with van der Waals surface area (Å²) in [7, 11) is 0. The van der Waals surface area contributed by atoms with Crippen molar-refractivity contribution in [3.63, 3.8) is 0 Å². The molecule has 1 aromatic rings. The fourth-order valence-corrected chi connectivity index (χ4v) is 3.85. The Labute approximate surface area is 139 Å². The van der Waals surface area contributed by atoms with Gasteiger partial charge >= 0.3 is 0 Å². The van der Waals surface area contributed by atoms with Crippen LogP contribution in [-0.4, -0.2) is 36.5 Å². The van der Waals surface area contributed by atoms with Gasteiger partial charge in [0.25, 0.3) is 0 Å². The van der Waals surface area contributed by atoms with Crippen molar-refractivity contribution in [2.24, 2.45) is 5.92 Å². The number of nitrogens with zero attached hydrogens (tertiary/aromatic N) is 1. The number of aryl methyl sites for hydroxylation is 1. The number of hydrogen-bond acceptors (Lipinski definition) is 3. The maximum Gasteiger partial charge on any atom is 0.220 e. The van der Waals surface area contributed by atoms with Crippen LogP contribution in [0, 0.1) is 12.8 Å². The Morgan fingerprint density at radius 3 is 2.78 bits per heavy atom. The zero-order valence-electron chi connectivity index (χ0n) is 14.7. The fourth-order valence-electron chi connectivity index (χ4n) is 3.85. The Morgan fingerprint density at radius 2 is 2.13 bits per heavy atom. The zero-order chi connectivity index (χ0) is 16.6. The molecule has 0 aromatic heterocycles. The molecule has 2 saturated heterocycles. The molecule has 4 nitrogen and oxygen atoms in total. The molecule has 1 N–H and O–H groups in total. The summed E-state index contributed by atoms with van der Waals surface area (Å²) in [5.74, 6) is 2.19. The molecule has 3 rings (SSSR count). The quantitative estimate of drug-likeness (QED) is 0.908. The number of ether oxygens (including phenoxy) is 1. The highest BCUT2D eigenvalue weighted by molar-refractivity contribution is 5.79. The van der Waals surface area contributed by atoms with Crippen molar-refractivity contribution in [1.29, 1.82) is 0 Å². The number of nitrogens with one attached hydrogen (secondary N) is 1. The minimum atomic E-state index is 0.221. The predicted molar refractivity (Wildman–Crippen MR) is 91.8 cm³/mol. The van der Waals surface area contributed by atoms with E-state index in [4.69, 9.17) is 4.74 Å². The Kier molecular flexibility index (Phi) is 4.62. The van der Waals surface area contributed by atoms with Crippen molar-refractivity contribution in [3.8, 4) is 5.75 Å². The molecule has 0 bridgehead atoms. The van der Waals surface area contributed by atoms with Crippen LogP contribution in [0.4, 0.5) is 0 Å². The van der Waals surface area contributed by atoms with Crippen LogP contribution in [0.15, 0.2) is 12.1 Å². The summed E-state index contributed by atoms with van der Waals surface area (Å²) < 4.78 is 5.82. The van der Waals surface area contributed by atoms with Crippen LogP contribution in [0.3, 0.4) is 0 Å². The third kappa shape index (κ3) is 3.37. The second-order valence-electron chi connectivity index (χ2n) is 7.24. The second kappa shape index (κ2) is 6.52. The van der Waals surface area contributed by atoms with Gasteiger partial charge in [-0.2, -0.15) is 0 Å². The number of carbonyl (C=O) groups excluding carboxylic acids is 1. The first-order valence-electron chi connectivity index (χ1n) is 8.75. The molecule has 0 aliphatic carbocycles. The van der Waals surface area contributed by atoms with Crippen LogP contribution < -0.4 is 10.1 Å². The van der Waals surface area contributed by atoms with E-state index in [2.05, 4.69) is 43.1 Å². The average molecular weight is 316 g/mol. The number of fused-ring (bicyclic) bond motifs is 1. The number of benzene rings is 1. The molecule has 0 spiro atoms. The van der Waals surface area contributed by atoms with E-state index in [1.165, 1.54) is 16.7 Å². The lowest BCUT2D eigenvalue weighted by Crippen LogP contribution is -2.32. The van der Waals surface area contributed by atoms with Crippen molar-refractivity contribution < 1.29 is 9.53 Å². The fraction of sp³-hybridized carbons (Fsp3) is 0.632. The van der Waals surface area contributed by atoms with E-state index < -0.39 is 0 Å². The molecule has 2 atom stereocenters. The summed E-state index contributed by atoms with van der Waals surface area (Å²) in [4.78, 5) is 13.9. The largest absolute Gasteiger partial charge is 0.494 e. The normalized spacial score (nSPS) is 24.1. The average Bonchev–Trinajstić information content (AvgIpc) is 2.98. The third-order valence-electron chi connectivity index (χ3n) is 5.09. The molecule has 0 saturated carbocycles. The molecule has 2 aliphatic rings. The summed E-state index contributed by atoms with van der Waals surface area (Å²) in [6.45, 7) is 12.3. The Balaban J connectivity index is 1.75. The molecular formula is C19H28N2O2. The lowest BCUT2D eigenvalue weighted by atomic mass is 9.96. The van der Waals surface area contributed by atoms with Crippen molar-refractivity contribution in [3.05, 3.63) is 28.8 Å². The van der Waals surface area contributed by atoms with Crippen LogP contribution in [0.1, 0.15) is 49.8 Å². The third-order valence-corrected chi connectivity index (χ3v) is 5.09. The molecule has 2 aliphatic heterocycles. The van der Waals surface area contributed by atoms with Gasteiger partial charge in [-0.15, -0.1) is 0 Å². The van der Waals surface area contributed by atoms with Gasteiger partial charge in [0.05, 0.1) is 6.61 Å². The van der Waals surface area contributed by atoms with Crippen LogP contribution in [-0.2, 0) is 11.3 Å². The van der Waals surface area contributed by atoms with E-state index in [1.807, 2.05) is 6.92 Å². The molecule has 0 radical (unpaired) electrons. The van der Waals surface area contributed by atoms with Gasteiger partial charge in [0.1, 0.15) is 5.75 Å². The second-order valence-corrected chi connectivity index (χ2v) is 7.24. The zero-order valence-corrected chi connectivity index (χ0v) is 14.7. The molecule has 23 heavy (non-hydrogen) atoms. The van der Waals surface area contributed by atoms with Gasteiger partial charge < -0.3 is 10.1 Å². The Morgan fingerprint density at radius 1 is 1.35 bits per heavy atom. The lowest BCUT2D eigenvalue weighted by Gasteiger charge is -2.21. The highest BCUT2D eigenvalue weighted by Crippen LogP contribution is 2.32. The summed E-state index contributed by atoms with van der Waals surface area (Å²) in [6.07, 6.45) is 0.695. The van der Waals surface area contributed by atoms with E-state index in [9.17, 15) is 4.79 Å². The highest BCUT2D eigenvalue weighted by atomic mass is 16.5. The predicted octanol–water partition coefficient (Wildman–Crippen LogP) is 2.84. The summed E-state index contributed by atoms with van der Waals surface area (Å²) in [5, 5.41) is 3.10. The van der Waals surface area contributed by atoms with E-state index in [0.717, 1.165) is 25.4 Å². The number of likely N-dealkylation sites (tertiary alicyclic amines) is 1. The molecule has 0 unspecified atom stereocenters. The Hall–Kier alpha value is -1.55. The van der Waals surface area contributed by atoms with Gasteiger partial charge in [-0.3, -0.25) is 9.69 Å². The molecule has 1 amide bonds. The maximum absolute atomic E-state index is 11.5. The number of hydrogen-bond donors (Lipinski definition) is 1. The maximum atomic E-state index is 11.5. The molecule has 2 fully saturated rings. The number of carbonyl (C=O) groups is 1. The van der Waals surface area contributed by atoms with Crippen LogP contribution in [0.2, 0.25) is 0 Å². The van der Waals surface area contributed by atoms with Gasteiger partial charge in [0.2, 0.25) is 5.91 Å². The topological polar surface area (TPSA) is 41.6 Å². The smallest absolute Gasteiger partial charge is 0.220 e. The van der Waals surface area contributed by atoms with Gasteiger partial charge in [-0.1, -0.05) is 19.9 Å². The number of amides is 1. The van der Waals surface area contributed by atoms with Gasteiger partial charge in [0.15, 0.2) is 0 Å². The van der Waals surface area contributed by atoms with Gasteiger partial charge in [0, 0.05) is 38.0 Å². The minimum absolute atomic E-state index is 0.221. The highest BCUT2D eigenvalue weighted by Gasteiger charge is 2.39. The van der Waals surface area contributed by atoms with Crippen molar-refractivity contribution in [2.45, 2.75) is 52.6 Å². The first-order chi connectivity index (χ1) is 11.0. The lowest BCUT2D eigenvalue weighted by molar-refractivity contribution is -0.119. The van der Waals surface area contributed by atoms with E-state index in [1.54, 1.807) is 0 Å². The van der Waals surface area contributed by atoms with Crippen LogP contribution in [0.25, 0.3) is 0 Å². The van der Waals surface area contributed by atoms with Crippen molar-refractivity contribution in [1.82, 2.24) is 10.2 Å². The molecule has 1 aromatic carbocycles. The van der Waals surface area contributed by atoms with Crippen LogP contribution >= 0.6 is 0 Å². The first kappa shape index (κ1) is 16.3. The van der Waals surface area contributed by atoms with Gasteiger partial charge in [-0.05, 0) is 42.5 Å². The molecule has 2 heterocycles. The Bertz CT molecular complexity index is 581. The van der Waals surface area contributed by atoms with Crippen molar-refractivity contribution in [2.75, 3.05) is 19.7 Å². The summed E-state index contributed by atoms with van der Waals surface area (Å²) in [5.41, 5.74) is 3.96. The van der Waals surface area contributed by atoms with Crippen LogP contribution in [0.5, 0.6) is 5.75 Å². The molecular weight excluding hydrogens is 288 g/mol. The van der Waals surface area contributed by atoms with E-state index >= 15 is 0 Å².